The molecule has 2 aromatic rings. The van der Waals surface area contributed by atoms with Crippen molar-refractivity contribution in [3.63, 3.8) is 0 Å². The zero-order valence-corrected chi connectivity index (χ0v) is 17.9. The number of anilines is 1. The molecule has 2 unspecified atom stereocenters. The minimum Gasteiger partial charge on any atom is -0.461 e. The Hall–Kier alpha value is -2.10. The van der Waals surface area contributed by atoms with E-state index in [9.17, 15) is 9.50 Å². The lowest BCUT2D eigenvalue weighted by Gasteiger charge is -2.34. The van der Waals surface area contributed by atoms with Gasteiger partial charge >= 0.3 is 6.01 Å². The summed E-state index contributed by atoms with van der Waals surface area (Å²) in [5.41, 5.74) is 0.406. The number of aliphatic hydroxyl groups excluding tert-OH is 1. The van der Waals surface area contributed by atoms with Crippen molar-refractivity contribution in [2.75, 3.05) is 51.4 Å². The third-order valence-electron chi connectivity index (χ3n) is 6.44. The van der Waals surface area contributed by atoms with Crippen molar-refractivity contribution in [1.82, 2.24) is 19.9 Å². The third kappa shape index (κ3) is 3.93. The predicted molar refractivity (Wildman–Crippen MR) is 111 cm³/mol. The number of aromatic nitrogens is 3. The van der Waals surface area contributed by atoms with Gasteiger partial charge in [-0.1, -0.05) is 6.92 Å². The average molecular weight is 420 g/mol. The van der Waals surface area contributed by atoms with Crippen LogP contribution in [0, 0.1) is 12.7 Å². The molecule has 1 N–H and O–H groups in total. The van der Waals surface area contributed by atoms with Crippen molar-refractivity contribution < 1.29 is 19.0 Å². The molecule has 2 aliphatic heterocycles. The number of hydrogen-bond acceptors (Lipinski definition) is 8. The van der Waals surface area contributed by atoms with E-state index < -0.39 is 11.9 Å². The molecular formula is C21H30FN5O3. The summed E-state index contributed by atoms with van der Waals surface area (Å²) in [6.45, 7) is 6.83. The minimum atomic E-state index is -0.652. The van der Waals surface area contributed by atoms with Crippen molar-refractivity contribution in [2.45, 2.75) is 44.8 Å². The smallest absolute Gasteiger partial charge is 0.319 e. The number of halogens is 1. The van der Waals surface area contributed by atoms with E-state index in [-0.39, 0.29) is 29.4 Å². The number of ether oxygens (including phenoxy) is 2. The van der Waals surface area contributed by atoms with Crippen LogP contribution >= 0.6 is 0 Å². The Morgan fingerprint density at radius 2 is 2.20 bits per heavy atom. The van der Waals surface area contributed by atoms with E-state index in [0.717, 1.165) is 25.8 Å². The van der Waals surface area contributed by atoms with Crippen LogP contribution in [-0.4, -0.2) is 83.1 Å². The van der Waals surface area contributed by atoms with Crippen LogP contribution in [0.15, 0.2) is 6.20 Å². The fourth-order valence-corrected chi connectivity index (χ4v) is 4.41. The Balaban J connectivity index is 1.72. The van der Waals surface area contributed by atoms with Crippen molar-refractivity contribution in [2.24, 2.45) is 0 Å². The van der Waals surface area contributed by atoms with Gasteiger partial charge in [-0.3, -0.25) is 9.88 Å². The Morgan fingerprint density at radius 1 is 1.37 bits per heavy atom. The fourth-order valence-electron chi connectivity index (χ4n) is 4.41. The average Bonchev–Trinajstić information content (AvgIpc) is 2.97. The molecule has 30 heavy (non-hydrogen) atoms. The maximum absolute atomic E-state index is 14.9. The molecule has 4 rings (SSSR count). The van der Waals surface area contributed by atoms with Crippen LogP contribution in [0.3, 0.4) is 0 Å². The molecular weight excluding hydrogens is 389 g/mol. The molecule has 0 amide bonds. The standard InChI is InChI=1S/C21H30FN5O3/c1-4-21(6-5-7-26(21)3)13-30-20-24-18-16(10-23-14(2)17(18)22)19(25-20)27-8-9-29-12-15(28)11-27/h10,15,28H,4-9,11-13H2,1-3H3. The molecule has 4 heterocycles. The first kappa shape index (κ1) is 21.1. The second-order valence-electron chi connectivity index (χ2n) is 8.32. The number of aliphatic hydroxyl groups is 1. The van der Waals surface area contributed by atoms with Crippen molar-refractivity contribution in [1.29, 1.82) is 0 Å². The Morgan fingerprint density at radius 3 is 2.93 bits per heavy atom. The number of likely N-dealkylation sites (tertiary alicyclic amines) is 1. The van der Waals surface area contributed by atoms with Gasteiger partial charge in [0.05, 0.1) is 35.9 Å². The first-order valence-electron chi connectivity index (χ1n) is 10.6. The summed E-state index contributed by atoms with van der Waals surface area (Å²) in [5.74, 6) is 0.0343. The number of nitrogens with zero attached hydrogens (tertiary/aromatic N) is 5. The summed E-state index contributed by atoms with van der Waals surface area (Å²) >= 11 is 0. The zero-order valence-electron chi connectivity index (χ0n) is 17.9. The van der Waals surface area contributed by atoms with E-state index in [1.54, 1.807) is 13.1 Å². The number of hydrogen-bond donors (Lipinski definition) is 1. The van der Waals surface area contributed by atoms with Crippen LogP contribution < -0.4 is 9.64 Å². The summed E-state index contributed by atoms with van der Waals surface area (Å²) in [7, 11) is 2.11. The zero-order chi connectivity index (χ0) is 21.3. The highest BCUT2D eigenvalue weighted by Gasteiger charge is 2.38. The van der Waals surface area contributed by atoms with Crippen LogP contribution in [0.2, 0.25) is 0 Å². The molecule has 0 radical (unpaired) electrons. The molecule has 2 atom stereocenters. The number of rotatable bonds is 5. The van der Waals surface area contributed by atoms with Gasteiger partial charge in [0.1, 0.15) is 17.9 Å². The van der Waals surface area contributed by atoms with Crippen LogP contribution in [0.1, 0.15) is 31.9 Å². The molecule has 2 fully saturated rings. The molecule has 2 aliphatic rings. The number of β-amino-alcohol motifs (C(OH)–C–C–N with tert-alkyl or cyclic N) is 1. The van der Waals surface area contributed by atoms with E-state index in [4.69, 9.17) is 9.47 Å². The Labute approximate surface area is 176 Å². The van der Waals surface area contributed by atoms with Gasteiger partial charge in [-0.25, -0.2) is 4.39 Å². The van der Waals surface area contributed by atoms with E-state index in [1.165, 1.54) is 0 Å². The maximum atomic E-state index is 14.9. The molecule has 0 spiro atoms. The monoisotopic (exact) mass is 419 g/mol. The van der Waals surface area contributed by atoms with E-state index in [1.807, 2.05) is 4.90 Å². The molecule has 0 saturated carbocycles. The number of aryl methyl sites for hydroxylation is 1. The molecule has 8 nitrogen and oxygen atoms in total. The van der Waals surface area contributed by atoms with Crippen molar-refractivity contribution in [3.8, 4) is 6.01 Å². The molecule has 2 aromatic heterocycles. The van der Waals surface area contributed by atoms with Gasteiger partial charge in [0.2, 0.25) is 0 Å². The highest BCUT2D eigenvalue weighted by Crippen LogP contribution is 2.33. The molecule has 164 valence electrons. The molecule has 9 heteroatoms. The molecule has 0 aromatic carbocycles. The summed E-state index contributed by atoms with van der Waals surface area (Å²) in [5, 5.41) is 10.7. The highest BCUT2D eigenvalue weighted by molar-refractivity contribution is 5.89. The number of fused-ring (bicyclic) bond motifs is 1. The number of likely N-dealkylation sites (N-methyl/N-ethyl adjacent to an activating group) is 1. The maximum Gasteiger partial charge on any atom is 0.319 e. The largest absolute Gasteiger partial charge is 0.461 e. The van der Waals surface area contributed by atoms with Gasteiger partial charge in [-0.15, -0.1) is 0 Å². The topological polar surface area (TPSA) is 83.8 Å². The summed E-state index contributed by atoms with van der Waals surface area (Å²) in [6.07, 6.45) is 4.07. The Kier molecular flexibility index (Phi) is 6.04. The lowest BCUT2D eigenvalue weighted by Crippen LogP contribution is -2.46. The van der Waals surface area contributed by atoms with Crippen molar-refractivity contribution >= 4 is 16.7 Å². The first-order valence-corrected chi connectivity index (χ1v) is 10.6. The highest BCUT2D eigenvalue weighted by atomic mass is 19.1. The SMILES string of the molecule is CCC1(COc2nc(N3CCOCC(O)C3)c3cnc(C)c(F)c3n2)CCCN1C. The van der Waals surface area contributed by atoms with Crippen LogP contribution in [0.4, 0.5) is 10.2 Å². The van der Waals surface area contributed by atoms with Gasteiger partial charge < -0.3 is 19.5 Å². The van der Waals surface area contributed by atoms with Crippen LogP contribution in [-0.2, 0) is 4.74 Å². The van der Waals surface area contributed by atoms with E-state index in [2.05, 4.69) is 33.8 Å². The molecule has 2 saturated heterocycles. The van der Waals surface area contributed by atoms with Crippen molar-refractivity contribution in [3.05, 3.63) is 17.7 Å². The van der Waals surface area contributed by atoms with Gasteiger partial charge in [0.15, 0.2) is 5.82 Å². The van der Waals surface area contributed by atoms with Gasteiger partial charge in [-0.05, 0) is 39.8 Å². The molecule has 0 bridgehead atoms. The fraction of sp³-hybridized carbons (Fsp3) is 0.667. The lowest BCUT2D eigenvalue weighted by atomic mass is 9.94. The third-order valence-corrected chi connectivity index (χ3v) is 6.44. The molecule has 0 aliphatic carbocycles. The normalized spacial score (nSPS) is 25.6. The Bertz CT molecular complexity index is 914. The van der Waals surface area contributed by atoms with E-state index in [0.29, 0.717) is 37.5 Å². The first-order chi connectivity index (χ1) is 14.4. The van der Waals surface area contributed by atoms with E-state index >= 15 is 0 Å². The van der Waals surface area contributed by atoms with Crippen LogP contribution in [0.5, 0.6) is 6.01 Å². The minimum absolute atomic E-state index is 0.0577. The summed E-state index contributed by atoms with van der Waals surface area (Å²) in [6, 6.07) is 0.148. The van der Waals surface area contributed by atoms with Gasteiger partial charge in [0, 0.05) is 19.3 Å². The lowest BCUT2D eigenvalue weighted by molar-refractivity contribution is 0.0597. The number of pyridine rings is 1. The summed E-state index contributed by atoms with van der Waals surface area (Å²) < 4.78 is 26.4. The predicted octanol–water partition coefficient (Wildman–Crippen LogP) is 1.92. The quantitative estimate of drug-likeness (QED) is 0.787. The second-order valence-corrected chi connectivity index (χ2v) is 8.32. The van der Waals surface area contributed by atoms with Gasteiger partial charge in [0.25, 0.3) is 0 Å². The van der Waals surface area contributed by atoms with Gasteiger partial charge in [-0.2, -0.15) is 9.97 Å². The summed E-state index contributed by atoms with van der Waals surface area (Å²) in [4.78, 5) is 17.4. The second kappa shape index (κ2) is 8.56. The van der Waals surface area contributed by atoms with Crippen LogP contribution in [0.25, 0.3) is 10.9 Å².